The van der Waals surface area contributed by atoms with Crippen molar-refractivity contribution < 1.29 is 14.3 Å². The van der Waals surface area contributed by atoms with E-state index in [4.69, 9.17) is 9.47 Å². The van der Waals surface area contributed by atoms with Crippen molar-refractivity contribution in [2.75, 3.05) is 26.2 Å². The van der Waals surface area contributed by atoms with E-state index in [2.05, 4.69) is 22.0 Å². The number of hydrogen-bond acceptors (Lipinski definition) is 5. The average Bonchev–Trinajstić information content (AvgIpc) is 2.87. The van der Waals surface area contributed by atoms with Crippen molar-refractivity contribution in [1.82, 2.24) is 14.8 Å². The van der Waals surface area contributed by atoms with Gasteiger partial charge in [0.2, 0.25) is 0 Å². The fourth-order valence-corrected chi connectivity index (χ4v) is 4.82. The highest BCUT2D eigenvalue weighted by molar-refractivity contribution is 5.77. The number of carbonyl (C=O) groups is 1. The quantitative estimate of drug-likeness (QED) is 0.553. The molecule has 2 atom stereocenters. The number of benzene rings is 2. The minimum Gasteiger partial charge on any atom is -0.487 e. The van der Waals surface area contributed by atoms with Crippen molar-refractivity contribution in [3.05, 3.63) is 90.8 Å². The molecule has 170 valence electrons. The van der Waals surface area contributed by atoms with Crippen LogP contribution in [0.15, 0.2) is 85.2 Å². The number of piperidine rings is 1. The van der Waals surface area contributed by atoms with E-state index in [0.717, 1.165) is 44.0 Å². The van der Waals surface area contributed by atoms with Crippen LogP contribution in [0.3, 0.4) is 0 Å². The number of amides is 1. The van der Waals surface area contributed by atoms with Crippen LogP contribution >= 0.6 is 0 Å². The lowest BCUT2D eigenvalue weighted by Gasteiger charge is -2.53. The first kappa shape index (κ1) is 21.5. The van der Waals surface area contributed by atoms with Gasteiger partial charge < -0.3 is 14.4 Å². The van der Waals surface area contributed by atoms with E-state index in [1.807, 2.05) is 78.0 Å². The van der Waals surface area contributed by atoms with Crippen LogP contribution in [0.1, 0.15) is 24.4 Å². The van der Waals surface area contributed by atoms with Crippen molar-refractivity contribution in [2.45, 2.75) is 31.0 Å². The number of para-hydroxylation sites is 2. The van der Waals surface area contributed by atoms with Crippen LogP contribution in [-0.2, 0) is 4.79 Å². The molecular formula is C27H29N3O3. The zero-order valence-corrected chi connectivity index (χ0v) is 18.6. The SMILES string of the molecule is O=C(COc1ccccc1)N1CCC(N2C[C@H](Oc3ccccc3)[C@@H]2c2ccncc2)CC1. The molecule has 3 aromatic rings. The molecule has 2 saturated heterocycles. The zero-order valence-electron chi connectivity index (χ0n) is 18.6. The average molecular weight is 444 g/mol. The molecule has 5 rings (SSSR count). The molecular weight excluding hydrogens is 414 g/mol. The summed E-state index contributed by atoms with van der Waals surface area (Å²) in [5, 5.41) is 0. The Bertz CT molecular complexity index is 1020. The van der Waals surface area contributed by atoms with Gasteiger partial charge in [0, 0.05) is 38.1 Å². The van der Waals surface area contributed by atoms with Crippen molar-refractivity contribution in [1.29, 1.82) is 0 Å². The molecule has 3 heterocycles. The lowest BCUT2D eigenvalue weighted by molar-refractivity contribution is -0.137. The van der Waals surface area contributed by atoms with Gasteiger partial charge in [0.1, 0.15) is 17.6 Å². The number of pyridine rings is 1. The maximum atomic E-state index is 12.6. The van der Waals surface area contributed by atoms with E-state index in [9.17, 15) is 4.79 Å². The van der Waals surface area contributed by atoms with Crippen LogP contribution in [0.4, 0.5) is 0 Å². The molecule has 2 aliphatic rings. The third-order valence-electron chi connectivity index (χ3n) is 6.57. The molecule has 0 saturated carbocycles. The fourth-order valence-electron chi connectivity index (χ4n) is 4.82. The largest absolute Gasteiger partial charge is 0.487 e. The molecule has 0 radical (unpaired) electrons. The molecule has 1 aromatic heterocycles. The summed E-state index contributed by atoms with van der Waals surface area (Å²) in [7, 11) is 0. The van der Waals surface area contributed by atoms with Gasteiger partial charge in [-0.15, -0.1) is 0 Å². The number of carbonyl (C=O) groups excluding carboxylic acids is 1. The van der Waals surface area contributed by atoms with Gasteiger partial charge in [-0.05, 0) is 54.8 Å². The standard InChI is InChI=1S/C27H29N3O3/c31-26(20-32-23-7-3-1-4-8-23)29-17-13-22(14-18-29)30-19-25(33-24-9-5-2-6-10-24)27(30)21-11-15-28-16-12-21/h1-12,15-16,22,25,27H,13-14,17-20H2/t25-,27-/m0/s1. The zero-order chi connectivity index (χ0) is 22.5. The first-order valence-corrected chi connectivity index (χ1v) is 11.6. The van der Waals surface area contributed by atoms with Gasteiger partial charge in [0.25, 0.3) is 5.91 Å². The lowest BCUT2D eigenvalue weighted by Crippen LogP contribution is -2.61. The third kappa shape index (κ3) is 5.01. The Kier molecular flexibility index (Phi) is 6.53. The number of aromatic nitrogens is 1. The summed E-state index contributed by atoms with van der Waals surface area (Å²) >= 11 is 0. The van der Waals surface area contributed by atoms with E-state index < -0.39 is 0 Å². The normalized spacial score (nSPS) is 21.3. The highest BCUT2D eigenvalue weighted by atomic mass is 16.5. The van der Waals surface area contributed by atoms with Crippen molar-refractivity contribution in [3.8, 4) is 11.5 Å². The summed E-state index contributed by atoms with van der Waals surface area (Å²) in [6.45, 7) is 2.49. The Labute approximate surface area is 194 Å². The summed E-state index contributed by atoms with van der Waals surface area (Å²) in [6.07, 6.45) is 5.71. The van der Waals surface area contributed by atoms with Crippen LogP contribution in [-0.4, -0.2) is 59.1 Å². The van der Waals surface area contributed by atoms with Crippen LogP contribution in [0, 0.1) is 0 Å². The molecule has 2 aromatic carbocycles. The summed E-state index contributed by atoms with van der Waals surface area (Å²) < 4.78 is 12.0. The first-order valence-electron chi connectivity index (χ1n) is 11.6. The molecule has 1 amide bonds. The van der Waals surface area contributed by atoms with Crippen LogP contribution in [0.25, 0.3) is 0 Å². The van der Waals surface area contributed by atoms with E-state index in [1.54, 1.807) is 0 Å². The van der Waals surface area contributed by atoms with Crippen LogP contribution < -0.4 is 9.47 Å². The van der Waals surface area contributed by atoms with Gasteiger partial charge in [-0.1, -0.05) is 36.4 Å². The van der Waals surface area contributed by atoms with Gasteiger partial charge in [0.15, 0.2) is 6.61 Å². The third-order valence-corrected chi connectivity index (χ3v) is 6.57. The number of hydrogen-bond donors (Lipinski definition) is 0. The van der Waals surface area contributed by atoms with E-state index in [0.29, 0.717) is 6.04 Å². The maximum absolute atomic E-state index is 12.6. The van der Waals surface area contributed by atoms with Gasteiger partial charge in [0.05, 0.1) is 6.04 Å². The lowest BCUT2D eigenvalue weighted by atomic mass is 9.87. The first-order chi connectivity index (χ1) is 16.3. The van der Waals surface area contributed by atoms with E-state index in [-0.39, 0.29) is 24.7 Å². The van der Waals surface area contributed by atoms with Crippen molar-refractivity contribution >= 4 is 5.91 Å². The Morgan fingerprint density at radius 2 is 1.52 bits per heavy atom. The monoisotopic (exact) mass is 443 g/mol. The molecule has 0 unspecified atom stereocenters. The summed E-state index contributed by atoms with van der Waals surface area (Å²) in [4.78, 5) is 21.3. The van der Waals surface area contributed by atoms with Gasteiger partial charge in [-0.3, -0.25) is 14.7 Å². The number of ether oxygens (including phenoxy) is 2. The van der Waals surface area contributed by atoms with Crippen LogP contribution in [0.5, 0.6) is 11.5 Å². The highest BCUT2D eigenvalue weighted by Gasteiger charge is 2.46. The minimum atomic E-state index is 0.0527. The van der Waals surface area contributed by atoms with E-state index >= 15 is 0 Å². The molecule has 0 aliphatic carbocycles. The predicted octanol–water partition coefficient (Wildman–Crippen LogP) is 3.96. The Morgan fingerprint density at radius 1 is 0.879 bits per heavy atom. The van der Waals surface area contributed by atoms with Crippen LogP contribution in [0.2, 0.25) is 0 Å². The summed E-state index contributed by atoms with van der Waals surface area (Å²) in [5.74, 6) is 1.68. The highest BCUT2D eigenvalue weighted by Crippen LogP contribution is 2.40. The van der Waals surface area contributed by atoms with Crippen molar-refractivity contribution in [3.63, 3.8) is 0 Å². The second-order valence-corrected chi connectivity index (χ2v) is 8.61. The maximum Gasteiger partial charge on any atom is 0.260 e. The van der Waals surface area contributed by atoms with Gasteiger partial charge >= 0.3 is 0 Å². The minimum absolute atomic E-state index is 0.0527. The Morgan fingerprint density at radius 3 is 2.18 bits per heavy atom. The number of nitrogens with zero attached hydrogens (tertiary/aromatic N) is 3. The number of likely N-dealkylation sites (tertiary alicyclic amines) is 2. The summed E-state index contributed by atoms with van der Waals surface area (Å²) in [5.41, 5.74) is 1.23. The Hall–Kier alpha value is -3.38. The molecule has 0 N–H and O–H groups in total. The molecule has 33 heavy (non-hydrogen) atoms. The second kappa shape index (κ2) is 10.0. The van der Waals surface area contributed by atoms with Gasteiger partial charge in [-0.2, -0.15) is 0 Å². The predicted molar refractivity (Wildman–Crippen MR) is 126 cm³/mol. The second-order valence-electron chi connectivity index (χ2n) is 8.61. The smallest absolute Gasteiger partial charge is 0.260 e. The molecule has 2 aliphatic heterocycles. The van der Waals surface area contributed by atoms with Crippen molar-refractivity contribution in [2.24, 2.45) is 0 Å². The molecule has 6 heteroatoms. The molecule has 0 bridgehead atoms. The molecule has 6 nitrogen and oxygen atoms in total. The van der Waals surface area contributed by atoms with Gasteiger partial charge in [-0.25, -0.2) is 0 Å². The fraction of sp³-hybridized carbons (Fsp3) is 0.333. The topological polar surface area (TPSA) is 54.9 Å². The summed E-state index contributed by atoms with van der Waals surface area (Å²) in [6, 6.07) is 24.3. The Balaban J connectivity index is 1.18. The number of rotatable bonds is 7. The van der Waals surface area contributed by atoms with E-state index in [1.165, 1.54) is 5.56 Å². The molecule has 0 spiro atoms. The molecule has 2 fully saturated rings.